The molecule has 0 amide bonds. The van der Waals surface area contributed by atoms with Crippen molar-refractivity contribution in [1.29, 1.82) is 0 Å². The van der Waals surface area contributed by atoms with E-state index in [1.54, 1.807) is 31.2 Å². The van der Waals surface area contributed by atoms with E-state index in [0.717, 1.165) is 13.0 Å². The lowest BCUT2D eigenvalue weighted by Crippen LogP contribution is -2.33. The minimum Gasteiger partial charge on any atom is -0.456 e. The summed E-state index contributed by atoms with van der Waals surface area (Å²) >= 11 is 0. The van der Waals surface area contributed by atoms with Crippen LogP contribution in [0.15, 0.2) is 48.5 Å². The van der Waals surface area contributed by atoms with Crippen LogP contribution < -0.4 is 9.47 Å². The van der Waals surface area contributed by atoms with Gasteiger partial charge >= 0.3 is 11.9 Å². The molecule has 0 aliphatic carbocycles. The SMILES string of the molecule is CC.CC(=O)Oc1cc2c(cc1F)C1(OC(=O)c3ccccc31)c1cc(F)c(C)cc1O2. The second-order valence-electron chi connectivity index (χ2n) is 7.19. The second-order valence-corrected chi connectivity index (χ2v) is 7.19. The second kappa shape index (κ2) is 7.75. The lowest BCUT2D eigenvalue weighted by Gasteiger charge is -2.36. The van der Waals surface area contributed by atoms with Gasteiger partial charge in [0.1, 0.15) is 17.3 Å². The van der Waals surface area contributed by atoms with Crippen LogP contribution in [-0.4, -0.2) is 11.9 Å². The summed E-state index contributed by atoms with van der Waals surface area (Å²) in [7, 11) is 0. The summed E-state index contributed by atoms with van der Waals surface area (Å²) in [5.74, 6) is -2.61. The van der Waals surface area contributed by atoms with Gasteiger partial charge in [0.2, 0.25) is 0 Å². The van der Waals surface area contributed by atoms with Crippen molar-refractivity contribution in [3.8, 4) is 17.2 Å². The first-order valence-corrected chi connectivity index (χ1v) is 10.1. The number of rotatable bonds is 1. The van der Waals surface area contributed by atoms with Gasteiger partial charge in [-0.3, -0.25) is 4.79 Å². The number of carbonyl (C=O) groups is 2. The highest BCUT2D eigenvalue weighted by atomic mass is 19.1. The molecule has 3 aromatic rings. The van der Waals surface area contributed by atoms with Crippen LogP contribution in [0.3, 0.4) is 0 Å². The molecule has 0 aromatic heterocycles. The van der Waals surface area contributed by atoms with Gasteiger partial charge in [-0.1, -0.05) is 32.0 Å². The minimum absolute atomic E-state index is 0.135. The molecular weight excluding hydrogens is 418 g/mol. The van der Waals surface area contributed by atoms with E-state index in [2.05, 4.69) is 0 Å². The Hall–Kier alpha value is -3.74. The third-order valence-electron chi connectivity index (χ3n) is 5.30. The highest BCUT2D eigenvalue weighted by Gasteiger charge is 2.54. The third-order valence-corrected chi connectivity index (χ3v) is 5.30. The molecule has 2 heterocycles. The molecule has 2 aliphatic rings. The van der Waals surface area contributed by atoms with Gasteiger partial charge in [-0.2, -0.15) is 0 Å². The average Bonchev–Trinajstić information content (AvgIpc) is 3.06. The van der Waals surface area contributed by atoms with E-state index < -0.39 is 29.2 Å². The fraction of sp³-hybridized carbons (Fsp3) is 0.200. The number of carbonyl (C=O) groups excluding carboxylic acids is 2. The maximum Gasteiger partial charge on any atom is 0.340 e. The van der Waals surface area contributed by atoms with E-state index in [9.17, 15) is 18.4 Å². The molecule has 0 saturated heterocycles. The molecule has 164 valence electrons. The van der Waals surface area contributed by atoms with Crippen molar-refractivity contribution in [2.24, 2.45) is 0 Å². The van der Waals surface area contributed by atoms with E-state index >= 15 is 0 Å². The van der Waals surface area contributed by atoms with Gasteiger partial charge in [-0.15, -0.1) is 0 Å². The Morgan fingerprint density at radius 2 is 1.56 bits per heavy atom. The molecule has 2 aliphatic heterocycles. The highest BCUT2D eigenvalue weighted by Crippen LogP contribution is 2.57. The molecule has 0 N–H and O–H groups in total. The number of ether oxygens (including phenoxy) is 3. The number of aryl methyl sites for hydroxylation is 1. The van der Waals surface area contributed by atoms with Crippen molar-refractivity contribution < 1.29 is 32.6 Å². The van der Waals surface area contributed by atoms with Gasteiger partial charge < -0.3 is 14.2 Å². The molecule has 32 heavy (non-hydrogen) atoms. The average molecular weight is 438 g/mol. The largest absolute Gasteiger partial charge is 0.456 e. The molecule has 0 bridgehead atoms. The van der Waals surface area contributed by atoms with Crippen molar-refractivity contribution in [2.45, 2.75) is 33.3 Å². The first-order chi connectivity index (χ1) is 15.3. The van der Waals surface area contributed by atoms with Crippen LogP contribution >= 0.6 is 0 Å². The van der Waals surface area contributed by atoms with Crippen molar-refractivity contribution in [2.75, 3.05) is 0 Å². The standard InChI is InChI=1S/C23H14F2O5.C2H6/c1-11-7-19-15(8-17(11)24)23(14-6-4-3-5-13(14)22(27)30-23)16-9-18(25)21(28-12(2)26)10-20(16)29-19;1-2/h3-10H,1-2H3;1-2H3. The Kier molecular flexibility index (Phi) is 5.20. The van der Waals surface area contributed by atoms with Gasteiger partial charge in [0, 0.05) is 18.6 Å². The summed E-state index contributed by atoms with van der Waals surface area (Å²) in [6, 6.07) is 11.7. The number of halogens is 2. The van der Waals surface area contributed by atoms with Gasteiger partial charge in [0.05, 0.1) is 16.7 Å². The molecule has 1 unspecified atom stereocenters. The molecule has 5 rings (SSSR count). The van der Waals surface area contributed by atoms with E-state index in [4.69, 9.17) is 14.2 Å². The first-order valence-electron chi connectivity index (χ1n) is 10.1. The molecule has 3 aromatic carbocycles. The maximum absolute atomic E-state index is 14.8. The van der Waals surface area contributed by atoms with Gasteiger partial charge in [-0.05, 0) is 36.8 Å². The minimum atomic E-state index is -1.60. The first kappa shape index (κ1) is 21.5. The molecule has 1 spiro atoms. The molecule has 0 radical (unpaired) electrons. The Morgan fingerprint density at radius 3 is 2.25 bits per heavy atom. The highest BCUT2D eigenvalue weighted by molar-refractivity contribution is 5.97. The molecule has 5 nitrogen and oxygen atoms in total. The van der Waals surface area contributed by atoms with Gasteiger partial charge in [0.15, 0.2) is 17.2 Å². The third kappa shape index (κ3) is 3.04. The summed E-state index contributed by atoms with van der Waals surface area (Å²) in [5, 5.41) is 0. The number of fused-ring (bicyclic) bond motifs is 6. The summed E-state index contributed by atoms with van der Waals surface area (Å²) in [5.41, 5.74) is -0.112. The number of hydrogen-bond acceptors (Lipinski definition) is 5. The predicted molar refractivity (Wildman–Crippen MR) is 112 cm³/mol. The van der Waals surface area contributed by atoms with Crippen LogP contribution in [0.5, 0.6) is 17.2 Å². The van der Waals surface area contributed by atoms with E-state index in [1.807, 2.05) is 13.8 Å². The summed E-state index contributed by atoms with van der Waals surface area (Å²) in [4.78, 5) is 24.0. The lowest BCUT2D eigenvalue weighted by molar-refractivity contribution is -0.132. The van der Waals surface area contributed by atoms with Crippen LogP contribution in [0.1, 0.15) is 53.4 Å². The summed E-state index contributed by atoms with van der Waals surface area (Å²) < 4.78 is 46.0. The Balaban J connectivity index is 0.00000119. The summed E-state index contributed by atoms with van der Waals surface area (Å²) in [6.07, 6.45) is 0. The van der Waals surface area contributed by atoms with Crippen molar-refractivity contribution in [3.05, 3.63) is 88.0 Å². The van der Waals surface area contributed by atoms with Gasteiger partial charge in [-0.25, -0.2) is 13.6 Å². The zero-order chi connectivity index (χ0) is 23.2. The fourth-order valence-corrected chi connectivity index (χ4v) is 4.02. The molecule has 1 atom stereocenters. The zero-order valence-electron chi connectivity index (χ0n) is 17.9. The smallest absolute Gasteiger partial charge is 0.340 e. The summed E-state index contributed by atoms with van der Waals surface area (Å²) in [6.45, 7) is 6.72. The van der Waals surface area contributed by atoms with Crippen molar-refractivity contribution in [1.82, 2.24) is 0 Å². The van der Waals surface area contributed by atoms with Crippen LogP contribution in [-0.2, 0) is 15.1 Å². The monoisotopic (exact) mass is 438 g/mol. The fourth-order valence-electron chi connectivity index (χ4n) is 4.02. The Labute approximate surface area is 183 Å². The Morgan fingerprint density at radius 1 is 0.938 bits per heavy atom. The molecular formula is C25H20F2O5. The van der Waals surface area contributed by atoms with Crippen molar-refractivity contribution in [3.63, 3.8) is 0 Å². The zero-order valence-corrected chi connectivity index (χ0v) is 17.9. The molecule has 0 saturated carbocycles. The topological polar surface area (TPSA) is 61.8 Å². The van der Waals surface area contributed by atoms with E-state index in [1.165, 1.54) is 18.2 Å². The van der Waals surface area contributed by atoms with E-state index in [0.29, 0.717) is 16.7 Å². The normalized spacial score (nSPS) is 17.2. The van der Waals surface area contributed by atoms with Crippen LogP contribution in [0.4, 0.5) is 8.78 Å². The predicted octanol–water partition coefficient (Wildman–Crippen LogP) is 5.79. The van der Waals surface area contributed by atoms with Crippen LogP contribution in [0, 0.1) is 18.6 Å². The van der Waals surface area contributed by atoms with Crippen LogP contribution in [0.25, 0.3) is 0 Å². The maximum atomic E-state index is 14.8. The Bertz CT molecular complexity index is 1270. The van der Waals surface area contributed by atoms with Crippen molar-refractivity contribution >= 4 is 11.9 Å². The van der Waals surface area contributed by atoms with E-state index in [-0.39, 0.29) is 28.4 Å². The van der Waals surface area contributed by atoms with Gasteiger partial charge in [0.25, 0.3) is 0 Å². The quantitative estimate of drug-likeness (QED) is 0.355. The number of hydrogen-bond donors (Lipinski definition) is 0. The van der Waals surface area contributed by atoms with Crippen LogP contribution in [0.2, 0.25) is 0 Å². The number of benzene rings is 3. The molecule has 7 heteroatoms. The molecule has 0 fully saturated rings. The lowest BCUT2D eigenvalue weighted by atomic mass is 9.77. The number of esters is 2.